The van der Waals surface area contributed by atoms with Crippen molar-refractivity contribution in [3.63, 3.8) is 0 Å². The van der Waals surface area contributed by atoms with Crippen LogP contribution < -0.4 is 5.32 Å². The molecule has 0 bridgehead atoms. The highest BCUT2D eigenvalue weighted by Gasteiger charge is 2.12. The molecule has 21 heavy (non-hydrogen) atoms. The van der Waals surface area contributed by atoms with Gasteiger partial charge in [-0.2, -0.15) is 0 Å². The Bertz CT molecular complexity index is 439. The molecule has 1 N–H and O–H groups in total. The summed E-state index contributed by atoms with van der Waals surface area (Å²) in [7, 11) is 3.29. The van der Waals surface area contributed by atoms with Crippen molar-refractivity contribution < 1.29 is 19.1 Å². The Balaban J connectivity index is 2.28. The van der Waals surface area contributed by atoms with E-state index in [-0.39, 0.29) is 5.69 Å². The van der Waals surface area contributed by atoms with E-state index in [9.17, 15) is 10.1 Å². The van der Waals surface area contributed by atoms with E-state index < -0.39 is 4.92 Å². The third-order valence-corrected chi connectivity index (χ3v) is 2.80. The molecule has 0 saturated heterocycles. The molecule has 0 radical (unpaired) electrons. The molecule has 0 aliphatic carbocycles. The van der Waals surface area contributed by atoms with E-state index >= 15 is 0 Å². The van der Waals surface area contributed by atoms with Crippen LogP contribution in [-0.4, -0.2) is 45.5 Å². The average Bonchev–Trinajstić information content (AvgIpc) is 2.49. The number of nitrogens with zero attached hydrogens (tertiary/aromatic N) is 1. The van der Waals surface area contributed by atoms with Crippen molar-refractivity contribution in [2.24, 2.45) is 0 Å². The van der Waals surface area contributed by atoms with Gasteiger partial charge >= 0.3 is 0 Å². The molecule has 0 aliphatic rings. The van der Waals surface area contributed by atoms with Crippen molar-refractivity contribution in [1.82, 2.24) is 0 Å². The predicted octanol–water partition coefficient (Wildman–Crippen LogP) is 2.21. The number of anilines is 1. The van der Waals surface area contributed by atoms with Crippen LogP contribution >= 0.6 is 0 Å². The third kappa shape index (κ3) is 6.52. The van der Waals surface area contributed by atoms with Crippen molar-refractivity contribution in [2.45, 2.75) is 13.0 Å². The minimum Gasteiger partial charge on any atom is -0.383 e. The van der Waals surface area contributed by atoms with E-state index in [1.165, 1.54) is 6.07 Å². The lowest BCUT2D eigenvalue weighted by Crippen LogP contribution is -2.06. The fourth-order valence-corrected chi connectivity index (χ4v) is 1.73. The predicted molar refractivity (Wildman–Crippen MR) is 79.6 cm³/mol. The van der Waals surface area contributed by atoms with Crippen molar-refractivity contribution >= 4 is 11.4 Å². The van der Waals surface area contributed by atoms with Crippen LogP contribution in [0, 0.1) is 10.1 Å². The van der Waals surface area contributed by atoms with E-state index in [1.54, 1.807) is 26.3 Å². The maximum Gasteiger partial charge on any atom is 0.292 e. The number of hydrogen-bond acceptors (Lipinski definition) is 6. The van der Waals surface area contributed by atoms with Crippen LogP contribution in [0.2, 0.25) is 0 Å². The molecule has 0 amide bonds. The smallest absolute Gasteiger partial charge is 0.292 e. The Kier molecular flexibility index (Phi) is 8.34. The molecule has 0 atom stereocenters. The molecule has 7 heteroatoms. The topological polar surface area (TPSA) is 82.9 Å². The SMILES string of the molecule is CNc1cc(COCCCOCCOC)ccc1[N+](=O)[O-]. The summed E-state index contributed by atoms with van der Waals surface area (Å²) >= 11 is 0. The average molecular weight is 298 g/mol. The monoisotopic (exact) mass is 298 g/mol. The summed E-state index contributed by atoms with van der Waals surface area (Å²) in [5.74, 6) is 0. The highest BCUT2D eigenvalue weighted by Crippen LogP contribution is 2.25. The number of methoxy groups -OCH3 is 1. The van der Waals surface area contributed by atoms with E-state index in [0.29, 0.717) is 38.7 Å². The van der Waals surface area contributed by atoms with Gasteiger partial charge in [0.25, 0.3) is 5.69 Å². The minimum atomic E-state index is -0.409. The maximum absolute atomic E-state index is 10.8. The minimum absolute atomic E-state index is 0.0628. The molecule has 118 valence electrons. The molecule has 0 spiro atoms. The number of benzene rings is 1. The molecular formula is C14H22N2O5. The Hall–Kier alpha value is -1.70. The van der Waals surface area contributed by atoms with Gasteiger partial charge in [-0.25, -0.2) is 0 Å². The van der Waals surface area contributed by atoms with Gasteiger partial charge in [0.1, 0.15) is 5.69 Å². The van der Waals surface area contributed by atoms with Crippen LogP contribution in [0.1, 0.15) is 12.0 Å². The number of ether oxygens (including phenoxy) is 3. The van der Waals surface area contributed by atoms with Gasteiger partial charge in [-0.05, 0) is 24.1 Å². The second-order valence-corrected chi connectivity index (χ2v) is 4.37. The highest BCUT2D eigenvalue weighted by atomic mass is 16.6. The largest absolute Gasteiger partial charge is 0.383 e. The Morgan fingerprint density at radius 1 is 1.19 bits per heavy atom. The summed E-state index contributed by atoms with van der Waals surface area (Å²) in [5, 5.41) is 13.6. The Morgan fingerprint density at radius 2 is 1.95 bits per heavy atom. The van der Waals surface area contributed by atoms with Gasteiger partial charge in [-0.3, -0.25) is 10.1 Å². The molecular weight excluding hydrogens is 276 g/mol. The van der Waals surface area contributed by atoms with Gasteiger partial charge in [0.05, 0.1) is 24.7 Å². The molecule has 0 unspecified atom stereocenters. The lowest BCUT2D eigenvalue weighted by molar-refractivity contribution is -0.384. The van der Waals surface area contributed by atoms with E-state index in [2.05, 4.69) is 5.32 Å². The second-order valence-electron chi connectivity index (χ2n) is 4.37. The molecule has 0 aromatic heterocycles. The fraction of sp³-hybridized carbons (Fsp3) is 0.571. The van der Waals surface area contributed by atoms with Crippen molar-refractivity contribution in [2.75, 3.05) is 45.9 Å². The second kappa shape index (κ2) is 10.1. The molecule has 1 aromatic rings. The number of rotatable bonds is 11. The molecule has 0 heterocycles. The summed E-state index contributed by atoms with van der Waals surface area (Å²) in [4.78, 5) is 10.4. The van der Waals surface area contributed by atoms with Gasteiger partial charge in [0.15, 0.2) is 0 Å². The van der Waals surface area contributed by atoms with Crippen LogP contribution in [0.5, 0.6) is 0 Å². The van der Waals surface area contributed by atoms with E-state index in [4.69, 9.17) is 14.2 Å². The first-order valence-corrected chi connectivity index (χ1v) is 6.78. The van der Waals surface area contributed by atoms with Gasteiger partial charge in [-0.1, -0.05) is 0 Å². The summed E-state index contributed by atoms with van der Waals surface area (Å²) < 4.78 is 15.7. The number of hydrogen-bond donors (Lipinski definition) is 1. The number of nitrogens with one attached hydrogen (secondary N) is 1. The summed E-state index contributed by atoms with van der Waals surface area (Å²) in [5.41, 5.74) is 1.45. The van der Waals surface area contributed by atoms with Crippen LogP contribution in [0.3, 0.4) is 0 Å². The van der Waals surface area contributed by atoms with Crippen LogP contribution in [0.4, 0.5) is 11.4 Å². The van der Waals surface area contributed by atoms with E-state index in [0.717, 1.165) is 12.0 Å². The van der Waals surface area contributed by atoms with Crippen molar-refractivity contribution in [3.05, 3.63) is 33.9 Å². The molecule has 0 fully saturated rings. The first-order chi connectivity index (χ1) is 10.2. The maximum atomic E-state index is 10.8. The van der Waals surface area contributed by atoms with Gasteiger partial charge in [0, 0.05) is 33.4 Å². The summed E-state index contributed by atoms with van der Waals surface area (Å²) in [6, 6.07) is 4.92. The van der Waals surface area contributed by atoms with Crippen LogP contribution in [0.15, 0.2) is 18.2 Å². The zero-order valence-corrected chi connectivity index (χ0v) is 12.5. The molecule has 7 nitrogen and oxygen atoms in total. The molecule has 0 saturated carbocycles. The Morgan fingerprint density at radius 3 is 2.62 bits per heavy atom. The molecule has 1 rings (SSSR count). The van der Waals surface area contributed by atoms with Crippen molar-refractivity contribution in [1.29, 1.82) is 0 Å². The quantitative estimate of drug-likeness (QED) is 0.383. The van der Waals surface area contributed by atoms with E-state index in [1.807, 2.05) is 0 Å². The lowest BCUT2D eigenvalue weighted by Gasteiger charge is -2.07. The normalized spacial score (nSPS) is 10.6. The fourth-order valence-electron chi connectivity index (χ4n) is 1.73. The molecule has 0 aliphatic heterocycles. The van der Waals surface area contributed by atoms with Gasteiger partial charge in [0.2, 0.25) is 0 Å². The summed E-state index contributed by atoms with van der Waals surface area (Å²) in [6.45, 7) is 2.82. The highest BCUT2D eigenvalue weighted by molar-refractivity contribution is 5.62. The van der Waals surface area contributed by atoms with Crippen LogP contribution in [0.25, 0.3) is 0 Å². The lowest BCUT2D eigenvalue weighted by atomic mass is 10.2. The first-order valence-electron chi connectivity index (χ1n) is 6.78. The standard InChI is InChI=1S/C14H22N2O5/c1-15-13-10-12(4-5-14(13)16(17)18)11-21-7-3-6-20-9-8-19-2/h4-5,10,15H,3,6-9,11H2,1-2H3. The first kappa shape index (κ1) is 17.4. The summed E-state index contributed by atoms with van der Waals surface area (Å²) in [6.07, 6.45) is 0.801. The number of nitro benzene ring substituents is 1. The molecule has 1 aromatic carbocycles. The van der Waals surface area contributed by atoms with Gasteiger partial charge in [-0.15, -0.1) is 0 Å². The third-order valence-electron chi connectivity index (χ3n) is 2.80. The Labute approximate surface area is 124 Å². The zero-order valence-electron chi connectivity index (χ0n) is 12.5. The van der Waals surface area contributed by atoms with Crippen LogP contribution in [-0.2, 0) is 20.8 Å². The van der Waals surface area contributed by atoms with Crippen molar-refractivity contribution in [3.8, 4) is 0 Å². The number of nitro groups is 1. The zero-order chi connectivity index (χ0) is 15.5. The van der Waals surface area contributed by atoms with Gasteiger partial charge < -0.3 is 19.5 Å².